The molecule has 34 heavy (non-hydrogen) atoms. The van der Waals surface area contributed by atoms with E-state index in [9.17, 15) is 24.3 Å². The molecule has 2 atom stereocenters. The summed E-state index contributed by atoms with van der Waals surface area (Å²) in [6, 6.07) is 16.5. The zero-order chi connectivity index (χ0) is 24.5. The van der Waals surface area contributed by atoms with E-state index in [2.05, 4.69) is 5.32 Å². The smallest absolute Gasteiger partial charge is 0.334 e. The second-order valence-electron chi connectivity index (χ2n) is 8.14. The van der Waals surface area contributed by atoms with Crippen molar-refractivity contribution >= 4 is 29.8 Å². The number of nitrogens with one attached hydrogen (secondary N) is 1. The molecule has 0 aliphatic carbocycles. The topological polar surface area (TPSA) is 113 Å². The highest BCUT2D eigenvalue weighted by Crippen LogP contribution is 2.19. The number of carboxylic acids is 1. The molecule has 2 N–H and O–H groups in total. The van der Waals surface area contributed by atoms with Crippen LogP contribution in [0.2, 0.25) is 0 Å². The number of carbonyl (C=O) groups excluding carboxylic acids is 3. The summed E-state index contributed by atoms with van der Waals surface area (Å²) >= 11 is 0. The van der Waals surface area contributed by atoms with Crippen LogP contribution in [0.5, 0.6) is 0 Å². The lowest BCUT2D eigenvalue weighted by Crippen LogP contribution is -2.50. The van der Waals surface area contributed by atoms with Crippen LogP contribution in [0.4, 0.5) is 0 Å². The summed E-state index contributed by atoms with van der Waals surface area (Å²) in [5.74, 6) is -2.69. The van der Waals surface area contributed by atoms with Gasteiger partial charge in [0.05, 0.1) is 6.42 Å². The molecule has 0 unspecified atom stereocenters. The van der Waals surface area contributed by atoms with Gasteiger partial charge in [-0.25, -0.2) is 9.59 Å². The maximum atomic E-state index is 12.8. The largest absolute Gasteiger partial charge is 0.480 e. The normalized spacial score (nSPS) is 16.6. The van der Waals surface area contributed by atoms with Crippen molar-refractivity contribution in [1.82, 2.24) is 10.2 Å². The molecule has 2 aromatic rings. The van der Waals surface area contributed by atoms with Crippen LogP contribution in [0.1, 0.15) is 37.3 Å². The molecule has 0 bridgehead atoms. The summed E-state index contributed by atoms with van der Waals surface area (Å²) in [4.78, 5) is 50.9. The number of carboxylic acid groups (broad SMARTS) is 1. The monoisotopic (exact) mass is 464 g/mol. The predicted molar refractivity (Wildman–Crippen MR) is 125 cm³/mol. The van der Waals surface area contributed by atoms with Gasteiger partial charge in [0.1, 0.15) is 18.7 Å². The third kappa shape index (κ3) is 6.78. The second-order valence-corrected chi connectivity index (χ2v) is 8.14. The lowest BCUT2D eigenvalue weighted by molar-refractivity contribution is -0.149. The van der Waals surface area contributed by atoms with Gasteiger partial charge >= 0.3 is 11.9 Å². The van der Waals surface area contributed by atoms with Crippen molar-refractivity contribution in [2.24, 2.45) is 0 Å². The number of likely N-dealkylation sites (tertiary alicyclic amines) is 1. The minimum atomic E-state index is -1.06. The van der Waals surface area contributed by atoms with Crippen molar-refractivity contribution in [3.05, 3.63) is 77.4 Å². The molecule has 8 heteroatoms. The van der Waals surface area contributed by atoms with Gasteiger partial charge < -0.3 is 20.1 Å². The van der Waals surface area contributed by atoms with Gasteiger partial charge in [0.15, 0.2) is 0 Å². The summed E-state index contributed by atoms with van der Waals surface area (Å²) in [5.41, 5.74) is 1.69. The summed E-state index contributed by atoms with van der Waals surface area (Å²) in [6.45, 7) is 1.90. The van der Waals surface area contributed by atoms with Gasteiger partial charge in [-0.1, -0.05) is 60.7 Å². The average Bonchev–Trinajstić information content (AvgIpc) is 3.33. The van der Waals surface area contributed by atoms with Gasteiger partial charge in [-0.15, -0.1) is 0 Å². The number of hydrogen-bond acceptors (Lipinski definition) is 5. The van der Waals surface area contributed by atoms with E-state index in [0.29, 0.717) is 19.4 Å². The zero-order valence-corrected chi connectivity index (χ0v) is 19.0. The third-order valence-electron chi connectivity index (χ3n) is 5.54. The van der Waals surface area contributed by atoms with Crippen LogP contribution in [0.15, 0.2) is 66.2 Å². The first-order valence-corrected chi connectivity index (χ1v) is 11.1. The van der Waals surface area contributed by atoms with Crippen LogP contribution in [-0.4, -0.2) is 52.4 Å². The molecule has 2 aromatic carbocycles. The molecule has 0 saturated carbocycles. The van der Waals surface area contributed by atoms with Crippen LogP contribution in [-0.2, 0) is 30.5 Å². The number of esters is 1. The number of aliphatic carboxylic acids is 1. The van der Waals surface area contributed by atoms with Crippen molar-refractivity contribution in [1.29, 1.82) is 0 Å². The maximum absolute atomic E-state index is 12.8. The minimum absolute atomic E-state index is 0.0633. The molecule has 8 nitrogen and oxygen atoms in total. The Hall–Kier alpha value is -3.94. The van der Waals surface area contributed by atoms with E-state index < -0.39 is 35.8 Å². The molecule has 3 rings (SSSR count). The molecular formula is C26H28N2O6. The molecule has 1 fully saturated rings. The van der Waals surface area contributed by atoms with Crippen molar-refractivity contribution in [3.63, 3.8) is 0 Å². The highest BCUT2D eigenvalue weighted by atomic mass is 16.5. The van der Waals surface area contributed by atoms with E-state index in [-0.39, 0.29) is 18.6 Å². The van der Waals surface area contributed by atoms with Crippen molar-refractivity contribution in [2.45, 2.75) is 44.9 Å². The number of amides is 2. The lowest BCUT2D eigenvalue weighted by atomic mass is 10.1. The first-order valence-electron chi connectivity index (χ1n) is 11.1. The Bertz CT molecular complexity index is 1050. The van der Waals surface area contributed by atoms with Gasteiger partial charge in [-0.2, -0.15) is 0 Å². The number of nitrogens with zero attached hydrogens (tertiary/aromatic N) is 1. The third-order valence-corrected chi connectivity index (χ3v) is 5.54. The Morgan fingerprint density at radius 3 is 2.38 bits per heavy atom. The second kappa shape index (κ2) is 11.8. The average molecular weight is 465 g/mol. The predicted octanol–water partition coefficient (Wildman–Crippen LogP) is 2.78. The Morgan fingerprint density at radius 2 is 1.74 bits per heavy atom. The molecule has 1 aliphatic heterocycles. The highest BCUT2D eigenvalue weighted by molar-refractivity contribution is 6.00. The Labute approximate surface area is 198 Å². The van der Waals surface area contributed by atoms with Crippen LogP contribution in [0.3, 0.4) is 0 Å². The fraction of sp³-hybridized carbons (Fsp3) is 0.308. The fourth-order valence-corrected chi connectivity index (χ4v) is 3.81. The van der Waals surface area contributed by atoms with E-state index in [1.807, 2.05) is 48.5 Å². The van der Waals surface area contributed by atoms with Gasteiger partial charge in [0.25, 0.3) is 0 Å². The number of ether oxygens (including phenoxy) is 1. The first kappa shape index (κ1) is 24.7. The summed E-state index contributed by atoms with van der Waals surface area (Å²) in [5, 5.41) is 11.9. The molecule has 1 saturated heterocycles. The standard InChI is InChI=1S/C26H28N2O6/c1-18(24(30)28-14-8-13-22(28)25(31)32)27-23(29)16-21(15-19-9-4-2-5-10-19)26(33)34-17-20-11-6-3-7-12-20/h2-7,9-12,15,18,22H,8,13-14,16-17H2,1H3,(H,27,29)(H,31,32)/t18-,22-/m0/s1. The van der Waals surface area contributed by atoms with E-state index in [4.69, 9.17) is 4.74 Å². The van der Waals surface area contributed by atoms with E-state index in [1.54, 1.807) is 18.2 Å². The van der Waals surface area contributed by atoms with E-state index in [1.165, 1.54) is 11.8 Å². The quantitative estimate of drug-likeness (QED) is 0.436. The van der Waals surface area contributed by atoms with Crippen LogP contribution < -0.4 is 5.32 Å². The van der Waals surface area contributed by atoms with Crippen LogP contribution in [0.25, 0.3) is 6.08 Å². The molecule has 178 valence electrons. The fourth-order valence-electron chi connectivity index (χ4n) is 3.81. The van der Waals surface area contributed by atoms with Gasteiger partial charge in [0, 0.05) is 12.1 Å². The number of hydrogen-bond donors (Lipinski definition) is 2. The molecular weight excluding hydrogens is 436 g/mol. The Morgan fingerprint density at radius 1 is 1.09 bits per heavy atom. The molecule has 1 aliphatic rings. The van der Waals surface area contributed by atoms with E-state index in [0.717, 1.165) is 11.1 Å². The molecule has 0 aromatic heterocycles. The zero-order valence-electron chi connectivity index (χ0n) is 19.0. The Kier molecular flexibility index (Phi) is 8.56. The Balaban J connectivity index is 1.67. The number of rotatable bonds is 9. The van der Waals surface area contributed by atoms with Gasteiger partial charge in [-0.05, 0) is 37.0 Å². The molecule has 0 spiro atoms. The van der Waals surface area contributed by atoms with E-state index >= 15 is 0 Å². The van der Waals surface area contributed by atoms with Crippen LogP contribution >= 0.6 is 0 Å². The molecule has 2 amide bonds. The summed E-state index contributed by atoms with van der Waals surface area (Å²) in [6.07, 6.45) is 2.28. The first-order chi connectivity index (χ1) is 16.3. The SMILES string of the molecule is C[C@H](NC(=O)CC(=Cc1ccccc1)C(=O)OCc1ccccc1)C(=O)N1CCC[C@H]1C(=O)O. The number of carbonyl (C=O) groups is 4. The van der Waals surface area contributed by atoms with Crippen molar-refractivity contribution in [2.75, 3.05) is 6.54 Å². The highest BCUT2D eigenvalue weighted by Gasteiger charge is 2.36. The maximum Gasteiger partial charge on any atom is 0.334 e. The molecule has 1 heterocycles. The minimum Gasteiger partial charge on any atom is -0.480 e. The van der Waals surface area contributed by atoms with Crippen molar-refractivity contribution in [3.8, 4) is 0 Å². The summed E-state index contributed by atoms with van der Waals surface area (Å²) in [7, 11) is 0. The summed E-state index contributed by atoms with van der Waals surface area (Å²) < 4.78 is 5.41. The lowest BCUT2D eigenvalue weighted by Gasteiger charge is -2.25. The van der Waals surface area contributed by atoms with Gasteiger partial charge in [0.2, 0.25) is 11.8 Å². The molecule has 0 radical (unpaired) electrons. The van der Waals surface area contributed by atoms with Gasteiger partial charge in [-0.3, -0.25) is 9.59 Å². The number of benzene rings is 2. The van der Waals surface area contributed by atoms with Crippen LogP contribution in [0, 0.1) is 0 Å². The van der Waals surface area contributed by atoms with Crippen molar-refractivity contribution < 1.29 is 29.0 Å².